The van der Waals surface area contributed by atoms with Crippen LogP contribution in [0, 0.1) is 0 Å². The summed E-state index contributed by atoms with van der Waals surface area (Å²) in [6.07, 6.45) is 6.32. The van der Waals surface area contributed by atoms with Crippen LogP contribution in [0.3, 0.4) is 0 Å². The fourth-order valence-corrected chi connectivity index (χ4v) is 2.18. The lowest BCUT2D eigenvalue weighted by Gasteiger charge is -2.07. The molecular weight excluding hydrogens is 390 g/mol. The molecule has 0 aliphatic carbocycles. The molecule has 1 N–H and O–H groups in total. The highest BCUT2D eigenvalue weighted by atomic mass is 79.9. The summed E-state index contributed by atoms with van der Waals surface area (Å²) < 4.78 is 22.9. The van der Waals surface area contributed by atoms with E-state index in [1.807, 2.05) is 12.1 Å². The van der Waals surface area contributed by atoms with Crippen LogP contribution in [0.1, 0.15) is 32.1 Å². The monoisotopic (exact) mass is 419 g/mol. The summed E-state index contributed by atoms with van der Waals surface area (Å²) in [5.74, 6) is 0.609. The van der Waals surface area contributed by atoms with Crippen molar-refractivity contribution in [1.82, 2.24) is 4.98 Å². The molecule has 1 heterocycles. The standard InChI is InChI=1S/C18H30BrNO5/c19-17-6-7-18(20-16-17)25-15-14-24-11-4-3-10-23-13-5-12-22-9-2-1-8-21/h6-7,16,21H,1-5,8-15H2. The minimum absolute atomic E-state index is 0.242. The molecule has 1 aromatic heterocycles. The van der Waals surface area contributed by atoms with Gasteiger partial charge in [-0.3, -0.25) is 0 Å². The van der Waals surface area contributed by atoms with Gasteiger partial charge >= 0.3 is 0 Å². The molecular formula is C18H30BrNO5. The fourth-order valence-electron chi connectivity index (χ4n) is 1.95. The Hall–Kier alpha value is -0.730. The van der Waals surface area contributed by atoms with E-state index in [0.717, 1.165) is 63.0 Å². The number of hydrogen-bond donors (Lipinski definition) is 1. The van der Waals surface area contributed by atoms with Gasteiger partial charge in [0.05, 0.1) is 6.61 Å². The average molecular weight is 420 g/mol. The maximum Gasteiger partial charge on any atom is 0.213 e. The van der Waals surface area contributed by atoms with Crippen LogP contribution >= 0.6 is 15.9 Å². The summed E-state index contributed by atoms with van der Waals surface area (Å²) in [6.45, 7) is 4.96. The first-order valence-electron chi connectivity index (χ1n) is 8.91. The van der Waals surface area contributed by atoms with Gasteiger partial charge in [-0.05, 0) is 54.1 Å². The molecule has 0 aliphatic heterocycles. The second kappa shape index (κ2) is 16.7. The van der Waals surface area contributed by atoms with E-state index in [-0.39, 0.29) is 6.61 Å². The topological polar surface area (TPSA) is 70.0 Å². The average Bonchev–Trinajstić information content (AvgIpc) is 2.63. The van der Waals surface area contributed by atoms with Gasteiger partial charge in [-0.1, -0.05) is 0 Å². The summed E-state index contributed by atoms with van der Waals surface area (Å²) in [5.41, 5.74) is 0. The zero-order valence-electron chi connectivity index (χ0n) is 14.8. The van der Waals surface area contributed by atoms with Crippen LogP contribution in [0.4, 0.5) is 0 Å². The molecule has 0 aliphatic rings. The van der Waals surface area contributed by atoms with Gasteiger partial charge in [0, 0.05) is 56.4 Å². The molecule has 6 nitrogen and oxygen atoms in total. The smallest absolute Gasteiger partial charge is 0.213 e. The van der Waals surface area contributed by atoms with Gasteiger partial charge in [-0.15, -0.1) is 0 Å². The Morgan fingerprint density at radius 3 is 1.96 bits per heavy atom. The van der Waals surface area contributed by atoms with Crippen LogP contribution in [0.2, 0.25) is 0 Å². The van der Waals surface area contributed by atoms with E-state index >= 15 is 0 Å². The molecule has 1 rings (SSSR count). The van der Waals surface area contributed by atoms with E-state index in [9.17, 15) is 0 Å². The number of nitrogens with zero attached hydrogens (tertiary/aromatic N) is 1. The minimum Gasteiger partial charge on any atom is -0.475 e. The fraction of sp³-hybridized carbons (Fsp3) is 0.722. The molecule has 144 valence electrons. The number of aromatic nitrogens is 1. The van der Waals surface area contributed by atoms with Crippen molar-refractivity contribution in [3.63, 3.8) is 0 Å². The predicted molar refractivity (Wildman–Crippen MR) is 100 cm³/mol. The Morgan fingerprint density at radius 1 is 0.760 bits per heavy atom. The molecule has 0 amide bonds. The third kappa shape index (κ3) is 14.2. The lowest BCUT2D eigenvalue weighted by Crippen LogP contribution is -2.09. The van der Waals surface area contributed by atoms with Crippen molar-refractivity contribution in [2.45, 2.75) is 32.1 Å². The molecule has 7 heteroatoms. The largest absolute Gasteiger partial charge is 0.475 e. The highest BCUT2D eigenvalue weighted by molar-refractivity contribution is 9.10. The van der Waals surface area contributed by atoms with Crippen molar-refractivity contribution in [2.24, 2.45) is 0 Å². The first-order chi connectivity index (χ1) is 12.3. The SMILES string of the molecule is OCCCCOCCCOCCCCOCCOc1ccc(Br)cn1. The van der Waals surface area contributed by atoms with E-state index < -0.39 is 0 Å². The Labute approximate surface area is 159 Å². The lowest BCUT2D eigenvalue weighted by atomic mass is 10.3. The van der Waals surface area contributed by atoms with Crippen molar-refractivity contribution in [3.8, 4) is 5.88 Å². The molecule has 0 radical (unpaired) electrons. The molecule has 0 spiro atoms. The summed E-state index contributed by atoms with van der Waals surface area (Å²) >= 11 is 3.33. The zero-order chi connectivity index (χ0) is 18.0. The summed E-state index contributed by atoms with van der Waals surface area (Å²) in [5, 5.41) is 8.63. The number of aliphatic hydroxyl groups is 1. The van der Waals surface area contributed by atoms with Crippen molar-refractivity contribution < 1.29 is 24.1 Å². The van der Waals surface area contributed by atoms with Crippen molar-refractivity contribution >= 4 is 15.9 Å². The van der Waals surface area contributed by atoms with E-state index in [1.165, 1.54) is 0 Å². The first kappa shape index (κ1) is 22.3. The normalized spacial score (nSPS) is 11.0. The highest BCUT2D eigenvalue weighted by Crippen LogP contribution is 2.11. The minimum atomic E-state index is 0.242. The third-order valence-corrected chi connectivity index (χ3v) is 3.75. The van der Waals surface area contributed by atoms with E-state index in [0.29, 0.717) is 25.7 Å². The van der Waals surface area contributed by atoms with Crippen LogP contribution in [0.15, 0.2) is 22.8 Å². The third-order valence-electron chi connectivity index (χ3n) is 3.28. The second-order valence-corrected chi connectivity index (χ2v) is 6.41. The van der Waals surface area contributed by atoms with Gasteiger partial charge in [0.15, 0.2) is 0 Å². The Morgan fingerprint density at radius 2 is 1.36 bits per heavy atom. The molecule has 0 saturated carbocycles. The molecule has 0 aromatic carbocycles. The number of pyridine rings is 1. The molecule has 25 heavy (non-hydrogen) atoms. The second-order valence-electron chi connectivity index (χ2n) is 5.49. The van der Waals surface area contributed by atoms with Gasteiger partial charge in [-0.25, -0.2) is 4.98 Å². The zero-order valence-corrected chi connectivity index (χ0v) is 16.4. The lowest BCUT2D eigenvalue weighted by molar-refractivity contribution is 0.0684. The van der Waals surface area contributed by atoms with Crippen molar-refractivity contribution in [2.75, 3.05) is 52.9 Å². The maximum atomic E-state index is 8.63. The van der Waals surface area contributed by atoms with E-state index in [4.69, 9.17) is 24.1 Å². The molecule has 0 atom stereocenters. The van der Waals surface area contributed by atoms with Crippen LogP contribution in [-0.4, -0.2) is 62.9 Å². The number of unbranched alkanes of at least 4 members (excludes halogenated alkanes) is 2. The van der Waals surface area contributed by atoms with E-state index in [2.05, 4.69) is 20.9 Å². The van der Waals surface area contributed by atoms with Gasteiger partial charge in [0.2, 0.25) is 5.88 Å². The molecule has 0 unspecified atom stereocenters. The molecule has 0 bridgehead atoms. The molecule has 0 fully saturated rings. The van der Waals surface area contributed by atoms with Gasteiger partial charge < -0.3 is 24.1 Å². The highest BCUT2D eigenvalue weighted by Gasteiger charge is 1.96. The first-order valence-corrected chi connectivity index (χ1v) is 9.70. The number of rotatable bonds is 17. The van der Waals surface area contributed by atoms with Crippen LogP contribution in [0.25, 0.3) is 0 Å². The Kier molecular flexibility index (Phi) is 14.9. The van der Waals surface area contributed by atoms with Gasteiger partial charge in [-0.2, -0.15) is 0 Å². The van der Waals surface area contributed by atoms with Gasteiger partial charge in [0.25, 0.3) is 0 Å². The van der Waals surface area contributed by atoms with Crippen molar-refractivity contribution in [1.29, 1.82) is 0 Å². The quantitative estimate of drug-likeness (QED) is 0.391. The van der Waals surface area contributed by atoms with Crippen molar-refractivity contribution in [3.05, 3.63) is 22.8 Å². The van der Waals surface area contributed by atoms with E-state index in [1.54, 1.807) is 6.20 Å². The van der Waals surface area contributed by atoms with Crippen LogP contribution in [0.5, 0.6) is 5.88 Å². The molecule has 1 aromatic rings. The summed E-state index contributed by atoms with van der Waals surface area (Å²) in [6, 6.07) is 3.72. The summed E-state index contributed by atoms with van der Waals surface area (Å²) in [4.78, 5) is 4.13. The number of halogens is 1. The number of hydrogen-bond acceptors (Lipinski definition) is 6. The summed E-state index contributed by atoms with van der Waals surface area (Å²) in [7, 11) is 0. The predicted octanol–water partition coefficient (Wildman–Crippen LogP) is 3.22. The molecule has 0 saturated heterocycles. The maximum absolute atomic E-state index is 8.63. The number of aliphatic hydroxyl groups excluding tert-OH is 1. The number of ether oxygens (including phenoxy) is 4. The van der Waals surface area contributed by atoms with Gasteiger partial charge in [0.1, 0.15) is 6.61 Å². The van der Waals surface area contributed by atoms with Crippen LogP contribution in [-0.2, 0) is 14.2 Å². The Bertz CT molecular complexity index is 405. The Balaban J connectivity index is 1.74. The van der Waals surface area contributed by atoms with Crippen LogP contribution < -0.4 is 4.74 Å².